The second-order valence-corrected chi connectivity index (χ2v) is 8.03. The zero-order chi connectivity index (χ0) is 20.2. The van der Waals surface area contributed by atoms with Crippen molar-refractivity contribution in [2.45, 2.75) is 32.0 Å². The molecule has 2 heterocycles. The lowest BCUT2D eigenvalue weighted by Gasteiger charge is -2.32. The molecule has 4 rings (SSSR count). The third kappa shape index (κ3) is 4.84. The molecule has 0 aromatic heterocycles. The van der Waals surface area contributed by atoms with Gasteiger partial charge in [0.1, 0.15) is 0 Å². The lowest BCUT2D eigenvalue weighted by Crippen LogP contribution is -2.45. The molecule has 6 heteroatoms. The minimum absolute atomic E-state index is 0.461. The summed E-state index contributed by atoms with van der Waals surface area (Å²) in [5, 5.41) is 30.2. The Morgan fingerprint density at radius 1 is 0.966 bits per heavy atom. The van der Waals surface area contributed by atoms with E-state index in [2.05, 4.69) is 35.2 Å². The van der Waals surface area contributed by atoms with Gasteiger partial charge in [-0.3, -0.25) is 14.7 Å². The van der Waals surface area contributed by atoms with Crippen molar-refractivity contribution in [3.8, 4) is 6.07 Å². The fraction of sp³-hybridized carbons (Fsp3) is 0.435. The Morgan fingerprint density at radius 2 is 1.69 bits per heavy atom. The zero-order valence-electron chi connectivity index (χ0n) is 16.6. The van der Waals surface area contributed by atoms with E-state index in [0.29, 0.717) is 25.2 Å². The molecule has 0 bridgehead atoms. The summed E-state index contributed by atoms with van der Waals surface area (Å²) in [7, 11) is 0. The van der Waals surface area contributed by atoms with Gasteiger partial charge >= 0.3 is 0 Å². The van der Waals surface area contributed by atoms with Crippen LogP contribution in [-0.4, -0.2) is 70.1 Å². The normalized spacial score (nSPS) is 21.6. The maximum Gasteiger partial charge on any atom is 0.166 e. The van der Waals surface area contributed by atoms with Crippen LogP contribution in [0.3, 0.4) is 0 Å². The summed E-state index contributed by atoms with van der Waals surface area (Å²) in [6.07, 6.45) is -0.166. The summed E-state index contributed by atoms with van der Waals surface area (Å²) in [5.41, 5.74) is 4.46. The molecule has 1 saturated heterocycles. The van der Waals surface area contributed by atoms with E-state index in [1.165, 1.54) is 11.1 Å². The molecule has 0 aliphatic carbocycles. The van der Waals surface area contributed by atoms with Gasteiger partial charge in [0.05, 0.1) is 17.7 Å². The monoisotopic (exact) mass is 392 g/mol. The highest BCUT2D eigenvalue weighted by molar-refractivity contribution is 5.31. The average molecular weight is 393 g/mol. The van der Waals surface area contributed by atoms with Gasteiger partial charge in [0.15, 0.2) is 6.35 Å². The molecule has 6 nitrogen and oxygen atoms in total. The first kappa shape index (κ1) is 20.0. The van der Waals surface area contributed by atoms with Crippen molar-refractivity contribution in [2.24, 2.45) is 0 Å². The van der Waals surface area contributed by atoms with Gasteiger partial charge in [-0.15, -0.1) is 0 Å². The number of benzene rings is 2. The highest BCUT2D eigenvalue weighted by atomic mass is 16.3. The third-order valence-corrected chi connectivity index (χ3v) is 5.92. The average Bonchev–Trinajstić information content (AvgIpc) is 3.07. The minimum Gasteiger partial charge on any atom is -0.390 e. The summed E-state index contributed by atoms with van der Waals surface area (Å²) in [5.74, 6) is 0. The van der Waals surface area contributed by atoms with Gasteiger partial charge in [0.2, 0.25) is 0 Å². The smallest absolute Gasteiger partial charge is 0.166 e. The first-order valence-electron chi connectivity index (χ1n) is 10.2. The maximum atomic E-state index is 10.7. The predicted molar refractivity (Wildman–Crippen MR) is 111 cm³/mol. The van der Waals surface area contributed by atoms with Gasteiger partial charge in [-0.1, -0.05) is 36.4 Å². The van der Waals surface area contributed by atoms with Crippen LogP contribution in [0.15, 0.2) is 48.5 Å². The third-order valence-electron chi connectivity index (χ3n) is 5.92. The number of β-amino-alcohol motifs (C(OH)–C–C–N with tert-alkyl or cyclic N) is 1. The van der Waals surface area contributed by atoms with Crippen LogP contribution in [0.1, 0.15) is 22.3 Å². The second kappa shape index (κ2) is 9.04. The first-order valence-corrected chi connectivity index (χ1v) is 10.2. The van der Waals surface area contributed by atoms with E-state index in [9.17, 15) is 10.2 Å². The standard InChI is InChI=1S/C23H28N4O2/c24-13-18-5-7-19(8-6-18)14-26-11-12-27(23(26)29)17-22(28)16-25-10-9-20-3-1-2-4-21(20)15-25/h1-8,22-23,28-29H,9-12,14-17H2. The molecule has 2 atom stereocenters. The van der Waals surface area contributed by atoms with Crippen LogP contribution in [0.2, 0.25) is 0 Å². The van der Waals surface area contributed by atoms with E-state index in [-0.39, 0.29) is 0 Å². The van der Waals surface area contributed by atoms with E-state index in [1.807, 2.05) is 21.9 Å². The number of hydrogen-bond acceptors (Lipinski definition) is 6. The highest BCUT2D eigenvalue weighted by Gasteiger charge is 2.31. The van der Waals surface area contributed by atoms with Crippen LogP contribution in [0.4, 0.5) is 0 Å². The molecule has 0 amide bonds. The predicted octanol–water partition coefficient (Wildman–Crippen LogP) is 1.37. The summed E-state index contributed by atoms with van der Waals surface area (Å²) in [6.45, 7) is 5.03. The number of hydrogen-bond donors (Lipinski definition) is 2. The lowest BCUT2D eigenvalue weighted by molar-refractivity contribution is -0.0761. The van der Waals surface area contributed by atoms with Crippen LogP contribution in [0.5, 0.6) is 0 Å². The van der Waals surface area contributed by atoms with Crippen LogP contribution < -0.4 is 0 Å². The van der Waals surface area contributed by atoms with Crippen LogP contribution in [-0.2, 0) is 19.5 Å². The molecule has 0 saturated carbocycles. The quantitative estimate of drug-likeness (QED) is 0.774. The fourth-order valence-corrected chi connectivity index (χ4v) is 4.32. The van der Waals surface area contributed by atoms with Gasteiger partial charge < -0.3 is 10.2 Å². The van der Waals surface area contributed by atoms with Gasteiger partial charge in [0, 0.05) is 45.8 Å². The molecule has 2 aliphatic rings. The van der Waals surface area contributed by atoms with E-state index in [1.54, 1.807) is 12.1 Å². The Kier molecular flexibility index (Phi) is 6.24. The number of aliphatic hydroxyl groups is 2. The van der Waals surface area contributed by atoms with Crippen LogP contribution >= 0.6 is 0 Å². The number of aliphatic hydroxyl groups excluding tert-OH is 2. The topological polar surface area (TPSA) is 74.0 Å². The molecule has 152 valence electrons. The van der Waals surface area contributed by atoms with Crippen molar-refractivity contribution >= 4 is 0 Å². The molecule has 2 unspecified atom stereocenters. The van der Waals surface area contributed by atoms with Crippen molar-refractivity contribution < 1.29 is 10.2 Å². The molecule has 2 N–H and O–H groups in total. The molecule has 2 aromatic rings. The van der Waals surface area contributed by atoms with E-state index < -0.39 is 12.5 Å². The molecule has 29 heavy (non-hydrogen) atoms. The minimum atomic E-state index is -0.692. The largest absolute Gasteiger partial charge is 0.390 e. The van der Waals surface area contributed by atoms with Crippen molar-refractivity contribution in [2.75, 3.05) is 32.7 Å². The van der Waals surface area contributed by atoms with Gasteiger partial charge in [-0.25, -0.2) is 0 Å². The summed E-state index contributed by atoms with van der Waals surface area (Å²) in [6, 6.07) is 18.1. The SMILES string of the molecule is N#Cc1ccc(CN2CCN(CC(O)CN3CCc4ccccc4C3)C2O)cc1. The number of rotatable bonds is 6. The van der Waals surface area contributed by atoms with Crippen molar-refractivity contribution in [3.05, 3.63) is 70.8 Å². The molecule has 1 fully saturated rings. The summed E-state index contributed by atoms with van der Waals surface area (Å²) < 4.78 is 0. The summed E-state index contributed by atoms with van der Waals surface area (Å²) >= 11 is 0. The summed E-state index contributed by atoms with van der Waals surface area (Å²) in [4.78, 5) is 6.22. The van der Waals surface area contributed by atoms with Gasteiger partial charge in [0.25, 0.3) is 0 Å². The van der Waals surface area contributed by atoms with Crippen LogP contribution in [0, 0.1) is 11.3 Å². The number of nitrogens with zero attached hydrogens (tertiary/aromatic N) is 4. The molecule has 2 aromatic carbocycles. The Hall–Kier alpha value is -2.27. The van der Waals surface area contributed by atoms with E-state index in [4.69, 9.17) is 5.26 Å². The first-order chi connectivity index (χ1) is 14.1. The van der Waals surface area contributed by atoms with E-state index >= 15 is 0 Å². The number of nitriles is 1. The van der Waals surface area contributed by atoms with Crippen molar-refractivity contribution in [1.82, 2.24) is 14.7 Å². The van der Waals surface area contributed by atoms with Crippen LogP contribution in [0.25, 0.3) is 0 Å². The zero-order valence-corrected chi connectivity index (χ0v) is 16.6. The van der Waals surface area contributed by atoms with E-state index in [0.717, 1.165) is 38.2 Å². The highest BCUT2D eigenvalue weighted by Crippen LogP contribution is 2.20. The molecular formula is C23H28N4O2. The Bertz CT molecular complexity index is 864. The number of fused-ring (bicyclic) bond motifs is 1. The fourth-order valence-electron chi connectivity index (χ4n) is 4.32. The Morgan fingerprint density at radius 3 is 2.45 bits per heavy atom. The lowest BCUT2D eigenvalue weighted by atomic mass is 10.00. The van der Waals surface area contributed by atoms with Crippen molar-refractivity contribution in [1.29, 1.82) is 5.26 Å². The molecule has 0 spiro atoms. The van der Waals surface area contributed by atoms with Gasteiger partial charge in [-0.2, -0.15) is 5.26 Å². The molecule has 0 radical (unpaired) electrons. The Balaban J connectivity index is 1.27. The molecular weight excluding hydrogens is 364 g/mol. The van der Waals surface area contributed by atoms with Crippen molar-refractivity contribution in [3.63, 3.8) is 0 Å². The second-order valence-electron chi connectivity index (χ2n) is 8.03. The van der Waals surface area contributed by atoms with Gasteiger partial charge in [-0.05, 0) is 35.2 Å². The maximum absolute atomic E-state index is 10.7. The molecule has 2 aliphatic heterocycles. The Labute approximate surface area is 172 Å².